The standard InChI is InChI=1S/C52H67N13O19.Gd/c1-28(47(78)59-35(17-31-19-53-27-55-31)50(81)61-37(25-66)51(82)60-34(16-29-6-3-2-4-7-29)49(80)62-38(26-67)52(83)84)56-48(79)36(18-39(68)69)58-44-43(45(76)46(44)77)54-9-5-8-30-14-32-20-64(23-41(72)73)12-10-63(22-40(70)71)11-13-65(24-42(74)75)21-33(15-30)57-32;/h2-4,6-7,14-15,19,27-28,34-38,54,58,66-67H,5,8-13,16-18,20-26H2,1H3,(H,53,55)(H,56,79)(H,59,78)(H,60,82)(H,61,81)(H,62,80)(H,68,69)(H,70,71)(H,72,73)(H,74,75)(H,83,84);/q;+3/t28-,34-,35-,36-,37-,38-;/m0./s1. The van der Waals surface area contributed by atoms with Crippen molar-refractivity contribution < 1.29 is 124 Å². The summed E-state index contributed by atoms with van der Waals surface area (Å²) in [6.45, 7) is -1.20. The molecule has 5 rings (SSSR count). The number of pyridine rings is 1. The molecule has 0 unspecified atom stereocenters. The number of anilines is 2. The molecule has 15 N–H and O–H groups in total. The van der Waals surface area contributed by atoms with E-state index < -0.39 is 132 Å². The number of aromatic amines is 1. The van der Waals surface area contributed by atoms with Crippen LogP contribution in [0, 0.1) is 39.9 Å². The Morgan fingerprint density at radius 1 is 0.588 bits per heavy atom. The average molecular weight is 1340 g/mol. The monoisotopic (exact) mass is 1340 g/mol. The first kappa shape index (κ1) is 69.6. The topological polar surface area (TPSA) is 482 Å². The van der Waals surface area contributed by atoms with Gasteiger partial charge in [-0.1, -0.05) is 30.3 Å². The number of fused-ring (bicyclic) bond motifs is 2. The number of nitrogens with one attached hydrogen (secondary N) is 8. The zero-order valence-electron chi connectivity index (χ0n) is 45.8. The SMILES string of the molecule is C[C@H](NC(=O)[C@H](CC(=O)O)Nc1c(NCCCc2cc3nc(c2)CN(CC(=O)O)CCN(CC(=O)O)CCN(CC(=O)O)C3)c(=O)c1=O)C(=O)N[C@@H](Cc1cnc[nH]1)C(=O)N[C@@H](CO)C(=O)N[C@@H](Cc1ccccc1)C(=O)N[C@@H](CO)C(=O)O.[Gd+3]. The van der Waals surface area contributed by atoms with E-state index in [9.17, 15) is 93.3 Å². The summed E-state index contributed by atoms with van der Waals surface area (Å²) < 4.78 is 0. The second-order valence-electron chi connectivity index (χ2n) is 19.7. The molecule has 0 saturated carbocycles. The summed E-state index contributed by atoms with van der Waals surface area (Å²) in [6.07, 6.45) is 1.69. The summed E-state index contributed by atoms with van der Waals surface area (Å²) in [6, 6.07) is 1.73. The summed E-state index contributed by atoms with van der Waals surface area (Å²) in [4.78, 5) is 169. The van der Waals surface area contributed by atoms with Crippen LogP contribution in [0.3, 0.4) is 0 Å². The number of aromatic nitrogens is 3. The number of carbonyl (C=O) groups excluding carboxylic acids is 5. The molecular weight excluding hydrogens is 1270 g/mol. The summed E-state index contributed by atoms with van der Waals surface area (Å²) in [5, 5.41) is 84.5. The molecule has 1 radical (unpaired) electrons. The quantitative estimate of drug-likeness (QED) is 0.0161. The van der Waals surface area contributed by atoms with Gasteiger partial charge in [-0.2, -0.15) is 0 Å². The molecule has 4 aromatic rings. The summed E-state index contributed by atoms with van der Waals surface area (Å²) in [5.74, 6) is -11.8. The van der Waals surface area contributed by atoms with E-state index in [2.05, 4.69) is 52.2 Å². The minimum absolute atomic E-state index is 0. The van der Waals surface area contributed by atoms with Crippen molar-refractivity contribution in [3.05, 3.63) is 104 Å². The van der Waals surface area contributed by atoms with Gasteiger partial charge in [-0.25, -0.2) is 9.78 Å². The van der Waals surface area contributed by atoms with Crippen molar-refractivity contribution in [2.24, 2.45) is 0 Å². The number of imidazole rings is 1. The van der Waals surface area contributed by atoms with Crippen LogP contribution < -0.4 is 48.1 Å². The van der Waals surface area contributed by atoms with Crippen molar-refractivity contribution in [2.75, 3.05) is 76.2 Å². The Labute approximate surface area is 515 Å². The fourth-order valence-electron chi connectivity index (χ4n) is 8.84. The van der Waals surface area contributed by atoms with Crippen molar-refractivity contribution in [1.82, 2.24) is 56.2 Å². The molecule has 2 aromatic carbocycles. The second kappa shape index (κ2) is 34.1. The smallest absolute Gasteiger partial charge is 0.481 e. The minimum Gasteiger partial charge on any atom is -0.481 e. The van der Waals surface area contributed by atoms with Crippen LogP contribution in [-0.2, 0) is 80.3 Å². The third-order valence-electron chi connectivity index (χ3n) is 13.1. The first-order valence-electron chi connectivity index (χ1n) is 26.3. The van der Waals surface area contributed by atoms with Crippen molar-refractivity contribution in [2.45, 2.75) is 88.4 Å². The number of H-pyrrole nitrogens is 1. The third-order valence-corrected chi connectivity index (χ3v) is 13.1. The number of hydrogen-bond donors (Lipinski definition) is 15. The van der Waals surface area contributed by atoms with E-state index in [0.717, 1.165) is 0 Å². The molecule has 3 heterocycles. The number of carboxylic acid groups (broad SMARTS) is 5. The number of aliphatic carboxylic acids is 5. The maximum absolute atomic E-state index is 13.8. The van der Waals surface area contributed by atoms with Crippen LogP contribution in [0.1, 0.15) is 48.0 Å². The van der Waals surface area contributed by atoms with Gasteiger partial charge < -0.3 is 77.9 Å². The Kier molecular flexibility index (Phi) is 27.9. The van der Waals surface area contributed by atoms with Crippen LogP contribution in [0.5, 0.6) is 0 Å². The van der Waals surface area contributed by atoms with Gasteiger partial charge in [0, 0.05) is 70.5 Å². The number of carbonyl (C=O) groups is 10. The van der Waals surface area contributed by atoms with Gasteiger partial charge in [0.05, 0.1) is 57.0 Å². The Balaban J connectivity index is 0.0000155. The largest absolute Gasteiger partial charge is 3.00 e. The third kappa shape index (κ3) is 22.5. The number of aliphatic hydroxyl groups is 2. The van der Waals surface area contributed by atoms with Crippen LogP contribution >= 0.6 is 0 Å². The summed E-state index contributed by atoms with van der Waals surface area (Å²) in [7, 11) is 0. The number of nitrogens with zero attached hydrogens (tertiary/aromatic N) is 5. The van der Waals surface area contributed by atoms with Crippen LogP contribution in [0.2, 0.25) is 0 Å². The number of benzene rings is 1. The normalized spacial score (nSPS) is 15.3. The fraction of sp³-hybridized carbons (Fsp3) is 0.462. The summed E-state index contributed by atoms with van der Waals surface area (Å²) in [5.41, 5.74) is -0.370. The fourth-order valence-corrected chi connectivity index (χ4v) is 8.84. The van der Waals surface area contributed by atoms with Crippen LogP contribution in [0.15, 0.2) is 64.6 Å². The molecule has 459 valence electrons. The van der Waals surface area contributed by atoms with Crippen molar-refractivity contribution in [1.29, 1.82) is 0 Å². The molecule has 0 saturated heterocycles. The number of aliphatic hydroxyl groups excluding tert-OH is 2. The number of hydrogen-bond acceptors (Lipinski definition) is 21. The van der Waals surface area contributed by atoms with Crippen molar-refractivity contribution in [3.8, 4) is 0 Å². The van der Waals surface area contributed by atoms with Gasteiger partial charge in [0.25, 0.3) is 10.9 Å². The van der Waals surface area contributed by atoms with E-state index >= 15 is 0 Å². The van der Waals surface area contributed by atoms with Gasteiger partial charge in [-0.05, 0) is 43.0 Å². The molecule has 0 fully saturated rings. The first-order valence-corrected chi connectivity index (χ1v) is 26.3. The zero-order chi connectivity index (χ0) is 61.6. The molecule has 6 atom stereocenters. The maximum atomic E-state index is 13.8. The van der Waals surface area contributed by atoms with Gasteiger partial charge >= 0.3 is 69.8 Å². The Hall–Kier alpha value is -7.92. The molecule has 5 amide bonds. The number of amides is 5. The molecule has 85 heavy (non-hydrogen) atoms. The van der Waals surface area contributed by atoms with E-state index in [0.29, 0.717) is 35.4 Å². The van der Waals surface area contributed by atoms with E-state index in [4.69, 9.17) is 0 Å². The van der Waals surface area contributed by atoms with Gasteiger partial charge in [-0.3, -0.25) is 72.4 Å². The van der Waals surface area contributed by atoms with Crippen LogP contribution in [0.4, 0.5) is 11.4 Å². The van der Waals surface area contributed by atoms with E-state index in [1.54, 1.807) is 57.2 Å². The maximum Gasteiger partial charge on any atom is 3.00 e. The molecule has 33 heteroatoms. The molecule has 1 aliphatic rings. The first-order chi connectivity index (χ1) is 39.9. The minimum atomic E-state index is -1.78. The van der Waals surface area contributed by atoms with Crippen LogP contribution in [0.25, 0.3) is 0 Å². The van der Waals surface area contributed by atoms with Gasteiger partial charge in [-0.15, -0.1) is 0 Å². The summed E-state index contributed by atoms with van der Waals surface area (Å²) >= 11 is 0. The van der Waals surface area contributed by atoms with E-state index in [-0.39, 0.29) is 130 Å². The number of aryl methyl sites for hydroxylation is 1. The Morgan fingerprint density at radius 3 is 1.61 bits per heavy atom. The molecular formula is C52H67GdN13O19+3. The molecule has 2 bridgehead atoms. The van der Waals surface area contributed by atoms with E-state index in [1.165, 1.54) is 19.4 Å². The molecule has 0 spiro atoms. The Bertz CT molecular complexity index is 3010. The zero-order valence-corrected chi connectivity index (χ0v) is 48.1. The molecule has 32 nitrogen and oxygen atoms in total. The van der Waals surface area contributed by atoms with Gasteiger partial charge in [0.1, 0.15) is 47.6 Å². The molecule has 0 aliphatic carbocycles. The molecule has 1 aliphatic heterocycles. The van der Waals surface area contributed by atoms with Crippen molar-refractivity contribution >= 4 is 70.8 Å². The van der Waals surface area contributed by atoms with Gasteiger partial charge in [0.15, 0.2) is 0 Å². The predicted molar refractivity (Wildman–Crippen MR) is 292 cm³/mol. The van der Waals surface area contributed by atoms with Crippen molar-refractivity contribution in [3.63, 3.8) is 0 Å². The molecule has 2 aromatic heterocycles. The predicted octanol–water partition coefficient (Wildman–Crippen LogP) is -5.13. The van der Waals surface area contributed by atoms with Gasteiger partial charge in [0.2, 0.25) is 29.5 Å². The second-order valence-corrected chi connectivity index (χ2v) is 19.7. The number of rotatable bonds is 32. The number of carboxylic acids is 5. The Morgan fingerprint density at radius 2 is 1.08 bits per heavy atom. The van der Waals surface area contributed by atoms with Crippen LogP contribution in [-0.4, -0.2) is 227 Å². The average Bonchev–Trinajstić information content (AvgIpc) is 3.54. The van der Waals surface area contributed by atoms with E-state index in [1.807, 2.05) is 0 Å².